The van der Waals surface area contributed by atoms with Gasteiger partial charge in [0.15, 0.2) is 5.16 Å². The lowest BCUT2D eigenvalue weighted by molar-refractivity contribution is -0.119. The number of benzene rings is 2. The summed E-state index contributed by atoms with van der Waals surface area (Å²) in [6.45, 7) is 0. The molecule has 1 atom stereocenters. The van der Waals surface area contributed by atoms with E-state index >= 15 is 0 Å². The normalized spacial score (nSPS) is 14.3. The number of thiophene rings is 1. The number of halogens is 1. The van der Waals surface area contributed by atoms with Crippen LogP contribution in [0.5, 0.6) is 0 Å². The van der Waals surface area contributed by atoms with Crippen LogP contribution < -0.4 is 5.32 Å². The Morgan fingerprint density at radius 2 is 1.88 bits per heavy atom. The van der Waals surface area contributed by atoms with E-state index in [9.17, 15) is 9.18 Å². The number of carbonyl (C=O) groups is 1. The Balaban J connectivity index is 1.33. The summed E-state index contributed by atoms with van der Waals surface area (Å²) in [6, 6.07) is 19.9. The van der Waals surface area contributed by atoms with Crippen LogP contribution in [0.15, 0.2) is 77.3 Å². The lowest BCUT2D eigenvalue weighted by Gasteiger charge is -2.18. The van der Waals surface area contributed by atoms with Crippen LogP contribution in [0, 0.1) is 5.82 Å². The van der Waals surface area contributed by atoms with Crippen LogP contribution in [0.25, 0.3) is 5.69 Å². The van der Waals surface area contributed by atoms with Crippen LogP contribution >= 0.6 is 23.1 Å². The molecule has 8 heteroatoms. The molecule has 0 spiro atoms. The molecule has 162 valence electrons. The second kappa shape index (κ2) is 9.26. The molecule has 1 aliphatic carbocycles. The number of nitrogens with one attached hydrogen (secondary N) is 1. The zero-order valence-electron chi connectivity index (χ0n) is 17.1. The average Bonchev–Trinajstić information content (AvgIpc) is 3.34. The first-order valence-corrected chi connectivity index (χ1v) is 12.3. The Hall–Kier alpha value is -2.97. The summed E-state index contributed by atoms with van der Waals surface area (Å²) in [7, 11) is 0. The predicted octanol–water partition coefficient (Wildman–Crippen LogP) is 5.34. The second-order valence-electron chi connectivity index (χ2n) is 7.64. The van der Waals surface area contributed by atoms with Crippen molar-refractivity contribution in [3.8, 4) is 5.69 Å². The fourth-order valence-corrected chi connectivity index (χ4v) is 5.14. The fraction of sp³-hybridized carbons (Fsp3) is 0.208. The largest absolute Gasteiger partial charge is 0.344 e. The van der Waals surface area contributed by atoms with Gasteiger partial charge in [-0.15, -0.1) is 21.5 Å². The first-order chi connectivity index (χ1) is 15.7. The third kappa shape index (κ3) is 4.61. The number of hydrogen-bond donors (Lipinski definition) is 1. The number of rotatable bonds is 8. The van der Waals surface area contributed by atoms with Crippen molar-refractivity contribution in [2.45, 2.75) is 30.0 Å². The zero-order chi connectivity index (χ0) is 21.9. The number of aromatic nitrogens is 3. The minimum absolute atomic E-state index is 0.117. The minimum Gasteiger partial charge on any atom is -0.344 e. The number of amides is 1. The van der Waals surface area contributed by atoms with Crippen LogP contribution in [0.1, 0.15) is 41.1 Å². The molecule has 1 N–H and O–H groups in total. The first-order valence-electron chi connectivity index (χ1n) is 10.4. The molecule has 4 aromatic rings. The number of hydrogen-bond acceptors (Lipinski definition) is 5. The molecular weight excluding hydrogens is 443 g/mol. The van der Waals surface area contributed by atoms with Crippen molar-refractivity contribution in [2.75, 3.05) is 5.75 Å². The van der Waals surface area contributed by atoms with Gasteiger partial charge in [0.2, 0.25) is 5.91 Å². The summed E-state index contributed by atoms with van der Waals surface area (Å²) < 4.78 is 15.5. The predicted molar refractivity (Wildman–Crippen MR) is 125 cm³/mol. The van der Waals surface area contributed by atoms with E-state index in [1.54, 1.807) is 23.5 Å². The molecule has 1 saturated carbocycles. The molecule has 0 unspecified atom stereocenters. The minimum atomic E-state index is -0.322. The van der Waals surface area contributed by atoms with E-state index in [0.29, 0.717) is 11.1 Å². The van der Waals surface area contributed by atoms with E-state index < -0.39 is 0 Å². The van der Waals surface area contributed by atoms with Gasteiger partial charge in [-0.3, -0.25) is 9.36 Å². The van der Waals surface area contributed by atoms with Crippen molar-refractivity contribution in [2.24, 2.45) is 0 Å². The maximum atomic E-state index is 13.4. The molecular formula is C24H21FN4OS2. The van der Waals surface area contributed by atoms with E-state index in [4.69, 9.17) is 0 Å². The highest BCUT2D eigenvalue weighted by Gasteiger charge is 2.31. The lowest BCUT2D eigenvalue weighted by atomic mass is 10.1. The van der Waals surface area contributed by atoms with Crippen molar-refractivity contribution in [3.63, 3.8) is 0 Å². The Morgan fingerprint density at radius 3 is 2.56 bits per heavy atom. The topological polar surface area (TPSA) is 59.8 Å². The molecule has 0 saturated heterocycles. The summed E-state index contributed by atoms with van der Waals surface area (Å²) in [5, 5.41) is 14.6. The van der Waals surface area contributed by atoms with Crippen LogP contribution in [-0.4, -0.2) is 26.4 Å². The first kappa shape index (κ1) is 20.9. The maximum absolute atomic E-state index is 13.4. The van der Waals surface area contributed by atoms with Crippen molar-refractivity contribution < 1.29 is 9.18 Å². The number of carbonyl (C=O) groups excluding carboxylic acids is 1. The summed E-state index contributed by atoms with van der Waals surface area (Å²) in [6.07, 6.45) is 2.24. The summed E-state index contributed by atoms with van der Waals surface area (Å²) in [4.78, 5) is 13.9. The van der Waals surface area contributed by atoms with Crippen LogP contribution in [0.4, 0.5) is 4.39 Å². The van der Waals surface area contributed by atoms with E-state index in [-0.39, 0.29) is 23.5 Å². The van der Waals surface area contributed by atoms with Crippen molar-refractivity contribution >= 4 is 29.0 Å². The Morgan fingerprint density at radius 1 is 1.09 bits per heavy atom. The molecule has 2 heterocycles. The van der Waals surface area contributed by atoms with E-state index in [0.717, 1.165) is 34.8 Å². The average molecular weight is 465 g/mol. The third-order valence-electron chi connectivity index (χ3n) is 5.28. The molecule has 2 aromatic carbocycles. The molecule has 32 heavy (non-hydrogen) atoms. The Kier molecular flexibility index (Phi) is 6.05. The molecule has 5 nitrogen and oxygen atoms in total. The van der Waals surface area contributed by atoms with Gasteiger partial charge in [-0.2, -0.15) is 0 Å². The quantitative estimate of drug-likeness (QED) is 0.358. The van der Waals surface area contributed by atoms with E-state index in [1.165, 1.54) is 23.9 Å². The Bertz CT molecular complexity index is 1190. The summed E-state index contributed by atoms with van der Waals surface area (Å²) >= 11 is 2.93. The highest BCUT2D eigenvalue weighted by atomic mass is 32.2. The standard InChI is InChI=1S/C24H21FN4OS2/c25-18-12-10-16(11-13-18)22(20-7-4-14-31-20)26-21(30)15-32-24-28-27-23(17-8-9-17)29(24)19-5-2-1-3-6-19/h1-7,10-14,17,22H,8-9,15H2,(H,26,30)/t22-/m1/s1. The van der Waals surface area contributed by atoms with Crippen LogP contribution in [0.2, 0.25) is 0 Å². The van der Waals surface area contributed by atoms with Gasteiger partial charge in [0.1, 0.15) is 11.6 Å². The van der Waals surface area contributed by atoms with Crippen molar-refractivity contribution in [1.82, 2.24) is 20.1 Å². The van der Waals surface area contributed by atoms with Gasteiger partial charge in [-0.1, -0.05) is 48.2 Å². The smallest absolute Gasteiger partial charge is 0.231 e. The van der Waals surface area contributed by atoms with Crippen LogP contribution in [0.3, 0.4) is 0 Å². The maximum Gasteiger partial charge on any atom is 0.231 e. The number of thioether (sulfide) groups is 1. The lowest BCUT2D eigenvalue weighted by Crippen LogP contribution is -2.30. The second-order valence-corrected chi connectivity index (χ2v) is 9.56. The number of para-hydroxylation sites is 1. The summed E-state index contributed by atoms with van der Waals surface area (Å²) in [5.41, 5.74) is 1.85. The monoisotopic (exact) mass is 464 g/mol. The SMILES string of the molecule is O=C(CSc1nnc(C2CC2)n1-c1ccccc1)N[C@H](c1ccc(F)cc1)c1cccs1. The number of nitrogens with zero attached hydrogens (tertiary/aromatic N) is 3. The molecule has 2 aromatic heterocycles. The van der Waals surface area contributed by atoms with Gasteiger partial charge < -0.3 is 5.32 Å². The van der Waals surface area contributed by atoms with E-state index in [1.807, 2.05) is 47.8 Å². The van der Waals surface area contributed by atoms with Gasteiger partial charge in [0, 0.05) is 16.5 Å². The van der Waals surface area contributed by atoms with Crippen molar-refractivity contribution in [1.29, 1.82) is 0 Å². The van der Waals surface area contributed by atoms with Gasteiger partial charge in [0.25, 0.3) is 0 Å². The van der Waals surface area contributed by atoms with Gasteiger partial charge in [-0.25, -0.2) is 4.39 Å². The van der Waals surface area contributed by atoms with Gasteiger partial charge >= 0.3 is 0 Å². The fourth-order valence-electron chi connectivity index (χ4n) is 3.56. The molecule has 0 bridgehead atoms. The zero-order valence-corrected chi connectivity index (χ0v) is 18.8. The van der Waals surface area contributed by atoms with E-state index in [2.05, 4.69) is 20.1 Å². The Labute approximate surface area is 193 Å². The summed E-state index contributed by atoms with van der Waals surface area (Å²) in [5.74, 6) is 1.19. The molecule has 0 aliphatic heterocycles. The van der Waals surface area contributed by atoms with Gasteiger partial charge in [-0.05, 0) is 54.1 Å². The molecule has 1 amide bonds. The van der Waals surface area contributed by atoms with Crippen LogP contribution in [-0.2, 0) is 4.79 Å². The van der Waals surface area contributed by atoms with Gasteiger partial charge in [0.05, 0.1) is 11.8 Å². The molecule has 5 rings (SSSR count). The molecule has 0 radical (unpaired) electrons. The molecule has 1 aliphatic rings. The molecule has 1 fully saturated rings. The highest BCUT2D eigenvalue weighted by molar-refractivity contribution is 7.99. The van der Waals surface area contributed by atoms with Crippen molar-refractivity contribution in [3.05, 3.63) is 94.2 Å². The highest BCUT2D eigenvalue weighted by Crippen LogP contribution is 2.41. The third-order valence-corrected chi connectivity index (χ3v) is 7.15.